The molecule has 3 nitrogen and oxygen atoms in total. The molecule has 3 heteroatoms. The first-order valence-electron chi connectivity index (χ1n) is 5.35. The van der Waals surface area contributed by atoms with Gasteiger partial charge in [-0.1, -0.05) is 0 Å². The van der Waals surface area contributed by atoms with Crippen molar-refractivity contribution in [3.8, 4) is 0 Å². The standard InChI is InChI=1S/C10H20N2O/c1-9(2)12-6-3-7-13-10(8-12)4-5-11-10/h9,11H,3-8H2,1-2H3/t10-/m1/s1. The Morgan fingerprint density at radius 2 is 2.23 bits per heavy atom. The third kappa shape index (κ3) is 1.87. The van der Waals surface area contributed by atoms with Gasteiger partial charge >= 0.3 is 0 Å². The van der Waals surface area contributed by atoms with Crippen LogP contribution in [0.2, 0.25) is 0 Å². The van der Waals surface area contributed by atoms with Crippen LogP contribution in [0.25, 0.3) is 0 Å². The molecule has 2 saturated heterocycles. The molecule has 1 atom stereocenters. The summed E-state index contributed by atoms with van der Waals surface area (Å²) in [7, 11) is 0. The molecule has 13 heavy (non-hydrogen) atoms. The van der Waals surface area contributed by atoms with E-state index in [1.807, 2.05) is 0 Å². The Kier molecular flexibility index (Phi) is 2.58. The molecular weight excluding hydrogens is 164 g/mol. The maximum absolute atomic E-state index is 5.85. The number of hydrogen-bond donors (Lipinski definition) is 1. The lowest BCUT2D eigenvalue weighted by molar-refractivity contribution is -0.119. The molecule has 0 radical (unpaired) electrons. The monoisotopic (exact) mass is 184 g/mol. The van der Waals surface area contributed by atoms with Crippen LogP contribution in [0, 0.1) is 0 Å². The summed E-state index contributed by atoms with van der Waals surface area (Å²) in [5.74, 6) is 0. The van der Waals surface area contributed by atoms with Gasteiger partial charge in [-0.3, -0.25) is 10.2 Å². The summed E-state index contributed by atoms with van der Waals surface area (Å²) in [6, 6.07) is 0.640. The minimum absolute atomic E-state index is 0.0147. The molecule has 0 aromatic heterocycles. The average molecular weight is 184 g/mol. The van der Waals surface area contributed by atoms with Gasteiger partial charge in [0.05, 0.1) is 6.61 Å². The predicted octanol–water partition coefficient (Wildman–Crippen LogP) is 0.807. The Labute approximate surface area is 80.4 Å². The first-order chi connectivity index (χ1) is 6.22. The second-order valence-electron chi connectivity index (χ2n) is 4.44. The van der Waals surface area contributed by atoms with Crippen molar-refractivity contribution in [3.05, 3.63) is 0 Å². The van der Waals surface area contributed by atoms with E-state index in [1.54, 1.807) is 0 Å². The number of nitrogens with one attached hydrogen (secondary N) is 1. The van der Waals surface area contributed by atoms with Gasteiger partial charge in [-0.05, 0) is 20.3 Å². The van der Waals surface area contributed by atoms with Crippen LogP contribution in [-0.4, -0.2) is 42.9 Å². The zero-order valence-corrected chi connectivity index (χ0v) is 8.68. The second kappa shape index (κ2) is 3.56. The van der Waals surface area contributed by atoms with E-state index in [1.165, 1.54) is 19.4 Å². The van der Waals surface area contributed by atoms with Gasteiger partial charge in [0.1, 0.15) is 5.72 Å². The van der Waals surface area contributed by atoms with Gasteiger partial charge in [-0.2, -0.15) is 0 Å². The Bertz CT molecular complexity index is 178. The van der Waals surface area contributed by atoms with Crippen molar-refractivity contribution in [2.24, 2.45) is 0 Å². The largest absolute Gasteiger partial charge is 0.359 e. The number of rotatable bonds is 1. The topological polar surface area (TPSA) is 24.5 Å². The Balaban J connectivity index is 1.98. The Morgan fingerprint density at radius 3 is 2.77 bits per heavy atom. The first kappa shape index (κ1) is 9.44. The molecule has 0 aliphatic carbocycles. The van der Waals surface area contributed by atoms with E-state index in [-0.39, 0.29) is 5.72 Å². The molecular formula is C10H20N2O. The van der Waals surface area contributed by atoms with Crippen LogP contribution < -0.4 is 5.32 Å². The summed E-state index contributed by atoms with van der Waals surface area (Å²) in [5.41, 5.74) is 0.0147. The molecule has 0 aromatic rings. The predicted molar refractivity (Wildman–Crippen MR) is 52.6 cm³/mol. The van der Waals surface area contributed by atoms with Crippen molar-refractivity contribution in [2.45, 2.75) is 38.5 Å². The smallest absolute Gasteiger partial charge is 0.133 e. The van der Waals surface area contributed by atoms with E-state index < -0.39 is 0 Å². The zero-order chi connectivity index (χ0) is 9.31. The van der Waals surface area contributed by atoms with Crippen molar-refractivity contribution < 1.29 is 4.74 Å². The van der Waals surface area contributed by atoms with Gasteiger partial charge in [-0.25, -0.2) is 0 Å². The van der Waals surface area contributed by atoms with Gasteiger partial charge in [0.15, 0.2) is 0 Å². The minimum atomic E-state index is 0.0147. The van der Waals surface area contributed by atoms with E-state index in [9.17, 15) is 0 Å². The maximum atomic E-state index is 5.85. The molecule has 2 rings (SSSR count). The van der Waals surface area contributed by atoms with Crippen LogP contribution >= 0.6 is 0 Å². The lowest BCUT2D eigenvalue weighted by Gasteiger charge is -2.44. The summed E-state index contributed by atoms with van der Waals surface area (Å²) < 4.78 is 5.85. The van der Waals surface area contributed by atoms with E-state index >= 15 is 0 Å². The fourth-order valence-electron chi connectivity index (χ4n) is 2.09. The van der Waals surface area contributed by atoms with E-state index in [0.29, 0.717) is 6.04 Å². The fourth-order valence-corrected chi connectivity index (χ4v) is 2.09. The van der Waals surface area contributed by atoms with Gasteiger partial charge in [-0.15, -0.1) is 0 Å². The van der Waals surface area contributed by atoms with Crippen molar-refractivity contribution in [3.63, 3.8) is 0 Å². The van der Waals surface area contributed by atoms with E-state index in [2.05, 4.69) is 24.1 Å². The molecule has 1 N–H and O–H groups in total. The molecule has 0 amide bonds. The highest BCUT2D eigenvalue weighted by Gasteiger charge is 2.40. The van der Waals surface area contributed by atoms with Crippen LogP contribution in [0.1, 0.15) is 26.7 Å². The highest BCUT2D eigenvalue weighted by Crippen LogP contribution is 2.25. The van der Waals surface area contributed by atoms with Crippen molar-refractivity contribution in [2.75, 3.05) is 26.2 Å². The molecule has 76 valence electrons. The first-order valence-corrected chi connectivity index (χ1v) is 5.35. The molecule has 2 fully saturated rings. The fraction of sp³-hybridized carbons (Fsp3) is 1.00. The lowest BCUT2D eigenvalue weighted by Crippen LogP contribution is -2.64. The number of hydrogen-bond acceptors (Lipinski definition) is 3. The third-order valence-corrected chi connectivity index (χ3v) is 3.13. The molecule has 0 unspecified atom stereocenters. The third-order valence-electron chi connectivity index (χ3n) is 3.13. The quantitative estimate of drug-likeness (QED) is 0.652. The second-order valence-corrected chi connectivity index (χ2v) is 4.44. The lowest BCUT2D eigenvalue weighted by atomic mass is 10.0. The SMILES string of the molecule is CC(C)N1CCCO[C@]2(CCN2)C1. The molecule has 1 spiro atoms. The Hall–Kier alpha value is -0.120. The normalized spacial score (nSPS) is 36.2. The summed E-state index contributed by atoms with van der Waals surface area (Å²) in [6.07, 6.45) is 2.35. The summed E-state index contributed by atoms with van der Waals surface area (Å²) in [5, 5.41) is 3.42. The summed E-state index contributed by atoms with van der Waals surface area (Å²) >= 11 is 0. The van der Waals surface area contributed by atoms with Crippen LogP contribution in [0.5, 0.6) is 0 Å². The van der Waals surface area contributed by atoms with Crippen LogP contribution in [0.4, 0.5) is 0 Å². The van der Waals surface area contributed by atoms with Crippen molar-refractivity contribution in [1.82, 2.24) is 10.2 Å². The number of ether oxygens (including phenoxy) is 1. The number of nitrogens with zero attached hydrogens (tertiary/aromatic N) is 1. The van der Waals surface area contributed by atoms with Crippen LogP contribution in [-0.2, 0) is 4.74 Å². The van der Waals surface area contributed by atoms with Gasteiger partial charge in [0.25, 0.3) is 0 Å². The molecule has 2 aliphatic heterocycles. The van der Waals surface area contributed by atoms with E-state index in [0.717, 1.165) is 19.7 Å². The molecule has 0 aromatic carbocycles. The maximum Gasteiger partial charge on any atom is 0.133 e. The van der Waals surface area contributed by atoms with Crippen molar-refractivity contribution >= 4 is 0 Å². The van der Waals surface area contributed by atoms with Crippen LogP contribution in [0.15, 0.2) is 0 Å². The summed E-state index contributed by atoms with van der Waals surface area (Å²) in [4.78, 5) is 2.51. The van der Waals surface area contributed by atoms with Gasteiger partial charge in [0, 0.05) is 32.1 Å². The van der Waals surface area contributed by atoms with Gasteiger partial charge < -0.3 is 4.74 Å². The van der Waals surface area contributed by atoms with Crippen molar-refractivity contribution in [1.29, 1.82) is 0 Å². The molecule has 2 aliphatic rings. The summed E-state index contributed by atoms with van der Waals surface area (Å²) in [6.45, 7) is 8.79. The molecule has 0 saturated carbocycles. The minimum Gasteiger partial charge on any atom is -0.359 e. The molecule has 0 bridgehead atoms. The highest BCUT2D eigenvalue weighted by atomic mass is 16.5. The van der Waals surface area contributed by atoms with E-state index in [4.69, 9.17) is 4.74 Å². The Morgan fingerprint density at radius 1 is 1.46 bits per heavy atom. The highest BCUT2D eigenvalue weighted by molar-refractivity contribution is 4.92. The van der Waals surface area contributed by atoms with Gasteiger partial charge in [0.2, 0.25) is 0 Å². The average Bonchev–Trinajstić information content (AvgIpc) is 2.24. The molecule has 2 heterocycles. The zero-order valence-electron chi connectivity index (χ0n) is 8.68. The van der Waals surface area contributed by atoms with Crippen LogP contribution in [0.3, 0.4) is 0 Å².